The summed E-state index contributed by atoms with van der Waals surface area (Å²) in [6, 6.07) is 3.17. The van der Waals surface area contributed by atoms with Crippen molar-refractivity contribution in [3.8, 4) is 11.4 Å². The largest absolute Gasteiger partial charge is 0.496 e. The Hall–Kier alpha value is -2.56. The molecule has 0 atom stereocenters. The summed E-state index contributed by atoms with van der Waals surface area (Å²) in [4.78, 5) is 21.0. The van der Waals surface area contributed by atoms with Gasteiger partial charge in [0.1, 0.15) is 12.1 Å². The first-order valence-electron chi connectivity index (χ1n) is 8.72. The summed E-state index contributed by atoms with van der Waals surface area (Å²) >= 11 is 7.85. The van der Waals surface area contributed by atoms with E-state index in [1.54, 1.807) is 12.1 Å². The molecule has 0 fully saturated rings. The molecule has 146 valence electrons. The summed E-state index contributed by atoms with van der Waals surface area (Å²) in [7, 11) is 1.49. The number of ether oxygens (including phenoxy) is 1. The van der Waals surface area contributed by atoms with E-state index in [0.717, 1.165) is 31.7 Å². The Morgan fingerprint density at radius 2 is 2.29 bits per heavy atom. The van der Waals surface area contributed by atoms with Crippen LogP contribution in [-0.4, -0.2) is 56.2 Å². The number of carbonyl (C=O) groups is 1. The number of hydrogen-bond acceptors (Lipinski definition) is 8. The van der Waals surface area contributed by atoms with Gasteiger partial charge in [-0.25, -0.2) is 4.98 Å². The van der Waals surface area contributed by atoms with Crippen LogP contribution in [0.3, 0.4) is 0 Å². The molecule has 1 aliphatic rings. The first-order valence-corrected chi connectivity index (χ1v) is 9.91. The number of fused-ring (bicyclic) bond motifs is 1. The monoisotopic (exact) mass is 419 g/mol. The van der Waals surface area contributed by atoms with E-state index in [-0.39, 0.29) is 5.91 Å². The lowest BCUT2D eigenvalue weighted by Gasteiger charge is -2.23. The number of benzene rings is 1. The summed E-state index contributed by atoms with van der Waals surface area (Å²) in [5, 5.41) is 14.8. The van der Waals surface area contributed by atoms with E-state index in [0.29, 0.717) is 27.2 Å². The molecule has 1 N–H and O–H groups in total. The number of likely N-dealkylation sites (N-methyl/N-ethyl adjacent to an activating group) is 1. The Bertz CT molecular complexity index is 1010. The summed E-state index contributed by atoms with van der Waals surface area (Å²) in [6.07, 6.45) is 2.31. The number of nitrogens with zero attached hydrogens (tertiary/aromatic N) is 6. The van der Waals surface area contributed by atoms with Gasteiger partial charge < -0.3 is 4.74 Å². The zero-order valence-corrected chi connectivity index (χ0v) is 16.9. The summed E-state index contributed by atoms with van der Waals surface area (Å²) in [5.74, 6) is 0.0336. The topological polar surface area (TPSA) is 98.1 Å². The molecule has 0 spiro atoms. The van der Waals surface area contributed by atoms with E-state index in [1.165, 1.54) is 34.3 Å². The van der Waals surface area contributed by atoms with Crippen LogP contribution >= 0.6 is 22.9 Å². The maximum absolute atomic E-state index is 12.8. The standard InChI is InChI=1S/C17H18ClN7O2S/c1-3-24-5-4-12-15(8-24)28-17(20-12)21-16(26)10-6-11(18)13(7-14(10)27-2)25-9-19-22-23-25/h6-7,9H,3-5,8H2,1-2H3,(H,20,21,26). The minimum Gasteiger partial charge on any atom is -0.496 e. The third-order valence-electron chi connectivity index (χ3n) is 4.59. The lowest BCUT2D eigenvalue weighted by atomic mass is 10.1. The van der Waals surface area contributed by atoms with E-state index < -0.39 is 0 Å². The Labute approximate surface area is 170 Å². The van der Waals surface area contributed by atoms with Crippen molar-refractivity contribution < 1.29 is 9.53 Å². The second kappa shape index (κ2) is 7.82. The fourth-order valence-electron chi connectivity index (χ4n) is 3.07. The van der Waals surface area contributed by atoms with Crippen molar-refractivity contribution in [3.05, 3.63) is 39.6 Å². The molecule has 3 heterocycles. The molecular weight excluding hydrogens is 402 g/mol. The van der Waals surface area contributed by atoms with Gasteiger partial charge in [0.15, 0.2) is 5.13 Å². The van der Waals surface area contributed by atoms with Crippen LogP contribution in [-0.2, 0) is 13.0 Å². The molecule has 3 aromatic rings. The summed E-state index contributed by atoms with van der Waals surface area (Å²) in [6.45, 7) is 5.00. The molecule has 0 bridgehead atoms. The second-order valence-corrected chi connectivity index (χ2v) is 7.71. The van der Waals surface area contributed by atoms with E-state index in [9.17, 15) is 4.79 Å². The van der Waals surface area contributed by atoms with Crippen LogP contribution in [0.15, 0.2) is 18.5 Å². The molecule has 0 aliphatic carbocycles. The molecular formula is C17H18ClN7O2S. The molecule has 0 unspecified atom stereocenters. The predicted octanol–water partition coefficient (Wildman–Crippen LogP) is 2.41. The number of rotatable bonds is 5. The Kier molecular flexibility index (Phi) is 5.25. The minimum absolute atomic E-state index is 0.313. The highest BCUT2D eigenvalue weighted by molar-refractivity contribution is 7.15. The normalized spacial score (nSPS) is 14.0. The van der Waals surface area contributed by atoms with Gasteiger partial charge in [-0.15, -0.1) is 16.4 Å². The molecule has 1 aromatic carbocycles. The quantitative estimate of drug-likeness (QED) is 0.678. The van der Waals surface area contributed by atoms with Gasteiger partial charge in [-0.05, 0) is 23.0 Å². The second-order valence-electron chi connectivity index (χ2n) is 6.22. The number of anilines is 1. The molecule has 9 nitrogen and oxygen atoms in total. The maximum atomic E-state index is 12.8. The van der Waals surface area contributed by atoms with Crippen molar-refractivity contribution in [1.29, 1.82) is 0 Å². The van der Waals surface area contributed by atoms with Crippen LogP contribution in [0.2, 0.25) is 5.02 Å². The Balaban J connectivity index is 1.59. The van der Waals surface area contributed by atoms with Crippen molar-refractivity contribution in [2.24, 2.45) is 0 Å². The highest BCUT2D eigenvalue weighted by Crippen LogP contribution is 2.32. The Morgan fingerprint density at radius 3 is 3.00 bits per heavy atom. The van der Waals surface area contributed by atoms with Crippen LogP contribution in [0.4, 0.5) is 5.13 Å². The first kappa shape index (κ1) is 18.8. The van der Waals surface area contributed by atoms with Gasteiger partial charge in [-0.2, -0.15) is 4.68 Å². The lowest BCUT2D eigenvalue weighted by molar-refractivity contribution is 0.102. The molecule has 28 heavy (non-hydrogen) atoms. The van der Waals surface area contributed by atoms with Gasteiger partial charge in [0, 0.05) is 30.5 Å². The molecule has 1 aliphatic heterocycles. The fraction of sp³-hybridized carbons (Fsp3) is 0.353. The van der Waals surface area contributed by atoms with Crippen molar-refractivity contribution >= 4 is 34.0 Å². The number of tetrazole rings is 1. The molecule has 0 radical (unpaired) electrons. The number of aromatic nitrogens is 5. The average molecular weight is 420 g/mol. The minimum atomic E-state index is -0.333. The van der Waals surface area contributed by atoms with Gasteiger partial charge >= 0.3 is 0 Å². The SMILES string of the molecule is CCN1CCc2nc(NC(=O)c3cc(Cl)c(-n4cnnn4)cc3OC)sc2C1. The van der Waals surface area contributed by atoms with Crippen molar-refractivity contribution in [1.82, 2.24) is 30.1 Å². The number of thiazole rings is 1. The fourth-order valence-corrected chi connectivity index (χ4v) is 4.37. The number of nitrogens with one attached hydrogen (secondary N) is 1. The van der Waals surface area contributed by atoms with Crippen LogP contribution < -0.4 is 10.1 Å². The van der Waals surface area contributed by atoms with Crippen LogP contribution in [0.1, 0.15) is 27.9 Å². The first-order chi connectivity index (χ1) is 13.6. The van der Waals surface area contributed by atoms with Crippen molar-refractivity contribution in [2.45, 2.75) is 19.9 Å². The summed E-state index contributed by atoms with van der Waals surface area (Å²) < 4.78 is 6.79. The Morgan fingerprint density at radius 1 is 1.43 bits per heavy atom. The molecule has 4 rings (SSSR count). The number of amides is 1. The number of halogens is 1. The van der Waals surface area contributed by atoms with Crippen LogP contribution in [0.25, 0.3) is 5.69 Å². The van der Waals surface area contributed by atoms with Crippen LogP contribution in [0, 0.1) is 0 Å². The third kappa shape index (κ3) is 3.58. The molecule has 0 saturated heterocycles. The van der Waals surface area contributed by atoms with Gasteiger partial charge in [0.25, 0.3) is 5.91 Å². The molecule has 0 saturated carbocycles. The summed E-state index contributed by atoms with van der Waals surface area (Å²) in [5.41, 5.74) is 1.89. The molecule has 11 heteroatoms. The number of hydrogen-bond donors (Lipinski definition) is 1. The van der Waals surface area contributed by atoms with Gasteiger partial charge in [0.05, 0.1) is 29.1 Å². The molecule has 1 amide bonds. The van der Waals surface area contributed by atoms with Gasteiger partial charge in [-0.3, -0.25) is 15.0 Å². The number of methoxy groups -OCH3 is 1. The highest BCUT2D eigenvalue weighted by atomic mass is 35.5. The van der Waals surface area contributed by atoms with E-state index >= 15 is 0 Å². The van der Waals surface area contributed by atoms with Crippen molar-refractivity contribution in [2.75, 3.05) is 25.5 Å². The lowest BCUT2D eigenvalue weighted by Crippen LogP contribution is -2.29. The highest BCUT2D eigenvalue weighted by Gasteiger charge is 2.22. The average Bonchev–Trinajstić information content (AvgIpc) is 3.36. The van der Waals surface area contributed by atoms with Crippen molar-refractivity contribution in [3.63, 3.8) is 0 Å². The smallest absolute Gasteiger partial charge is 0.261 e. The van der Waals surface area contributed by atoms with E-state index in [4.69, 9.17) is 16.3 Å². The van der Waals surface area contributed by atoms with Gasteiger partial charge in [-0.1, -0.05) is 18.5 Å². The molecule has 2 aromatic heterocycles. The zero-order chi connectivity index (χ0) is 19.7. The van der Waals surface area contributed by atoms with Gasteiger partial charge in [0.2, 0.25) is 0 Å². The van der Waals surface area contributed by atoms with E-state index in [1.807, 2.05) is 0 Å². The predicted molar refractivity (Wildman–Crippen MR) is 105 cm³/mol. The zero-order valence-electron chi connectivity index (χ0n) is 15.3. The van der Waals surface area contributed by atoms with E-state index in [2.05, 4.69) is 37.6 Å². The maximum Gasteiger partial charge on any atom is 0.261 e. The number of carbonyl (C=O) groups excluding carboxylic acids is 1. The third-order valence-corrected chi connectivity index (χ3v) is 5.89. The van der Waals surface area contributed by atoms with Crippen LogP contribution in [0.5, 0.6) is 5.75 Å².